The maximum Gasteiger partial charge on any atom is 0.322 e. The molecule has 0 unspecified atom stereocenters. The predicted octanol–water partition coefficient (Wildman–Crippen LogP) is 1.72. The van der Waals surface area contributed by atoms with Crippen LogP contribution >= 0.6 is 0 Å². The number of rotatable bonds is 4. The summed E-state index contributed by atoms with van der Waals surface area (Å²) in [6.07, 6.45) is 2.21. The second-order valence-corrected chi connectivity index (χ2v) is 8.19. The van der Waals surface area contributed by atoms with E-state index in [9.17, 15) is 13.2 Å². The quantitative estimate of drug-likeness (QED) is 0.885. The summed E-state index contributed by atoms with van der Waals surface area (Å²) >= 11 is 0. The lowest BCUT2D eigenvalue weighted by Crippen LogP contribution is -2.42. The molecule has 0 bridgehead atoms. The average Bonchev–Trinajstić information content (AvgIpc) is 3.15. The number of nitrogens with zero attached hydrogens (tertiary/aromatic N) is 3. The van der Waals surface area contributed by atoms with Crippen molar-refractivity contribution in [3.05, 3.63) is 29.3 Å². The Bertz CT molecular complexity index is 907. The molecule has 0 spiro atoms. The molecule has 25 heavy (non-hydrogen) atoms. The molecule has 134 valence electrons. The Morgan fingerprint density at radius 3 is 2.76 bits per heavy atom. The Kier molecular flexibility index (Phi) is 4.61. The van der Waals surface area contributed by atoms with E-state index in [2.05, 4.69) is 15.5 Å². The second-order valence-electron chi connectivity index (χ2n) is 6.25. The van der Waals surface area contributed by atoms with Crippen LogP contribution in [-0.4, -0.2) is 47.7 Å². The van der Waals surface area contributed by atoms with Crippen molar-refractivity contribution >= 4 is 21.9 Å². The van der Waals surface area contributed by atoms with Crippen LogP contribution in [0.3, 0.4) is 0 Å². The lowest BCUT2D eigenvalue weighted by Gasteiger charge is -2.20. The summed E-state index contributed by atoms with van der Waals surface area (Å²) in [6, 6.07) is 5.03. The van der Waals surface area contributed by atoms with E-state index in [1.807, 2.05) is 32.0 Å². The molecule has 2 heterocycles. The van der Waals surface area contributed by atoms with Crippen LogP contribution in [0.25, 0.3) is 11.5 Å². The first kappa shape index (κ1) is 17.6. The molecular weight excluding hydrogens is 344 g/mol. The maximum absolute atomic E-state index is 12.4. The van der Waals surface area contributed by atoms with Gasteiger partial charge in [-0.2, -0.15) is 4.31 Å². The van der Waals surface area contributed by atoms with Crippen LogP contribution in [0.5, 0.6) is 0 Å². The van der Waals surface area contributed by atoms with E-state index in [4.69, 9.17) is 4.42 Å². The molecule has 1 aromatic heterocycles. The highest BCUT2D eigenvalue weighted by Gasteiger charge is 2.37. The number of benzene rings is 1. The topological polar surface area (TPSA) is 105 Å². The van der Waals surface area contributed by atoms with Crippen LogP contribution in [0.2, 0.25) is 0 Å². The van der Waals surface area contributed by atoms with Crippen LogP contribution in [0.1, 0.15) is 24.0 Å². The summed E-state index contributed by atoms with van der Waals surface area (Å²) in [5.41, 5.74) is 2.90. The fourth-order valence-corrected chi connectivity index (χ4v) is 4.15. The van der Waals surface area contributed by atoms with E-state index in [0.29, 0.717) is 25.3 Å². The largest absolute Gasteiger partial charge is 0.403 e. The Hall–Kier alpha value is -2.26. The predicted molar refractivity (Wildman–Crippen MR) is 92.4 cm³/mol. The number of carbonyl (C=O) groups excluding carboxylic acids is 1. The minimum Gasteiger partial charge on any atom is -0.403 e. The normalized spacial score (nSPS) is 18.4. The molecule has 0 saturated carbocycles. The van der Waals surface area contributed by atoms with Gasteiger partial charge in [-0.05, 0) is 38.3 Å². The first-order valence-corrected chi connectivity index (χ1v) is 9.79. The van der Waals surface area contributed by atoms with Gasteiger partial charge >= 0.3 is 6.01 Å². The van der Waals surface area contributed by atoms with Gasteiger partial charge < -0.3 is 4.42 Å². The highest BCUT2D eigenvalue weighted by molar-refractivity contribution is 7.88. The number of aryl methyl sites for hydroxylation is 2. The molecule has 1 aromatic carbocycles. The van der Waals surface area contributed by atoms with Gasteiger partial charge in [0.15, 0.2) is 0 Å². The molecule has 1 aliphatic rings. The summed E-state index contributed by atoms with van der Waals surface area (Å²) in [7, 11) is -3.43. The summed E-state index contributed by atoms with van der Waals surface area (Å²) < 4.78 is 30.2. The standard InChI is InChI=1S/C16H20N4O4S/c1-10-6-7-12(11(2)9-10)15-18-19-16(24-15)17-14(21)13-5-4-8-20(13)25(3,22)23/h6-7,9,13H,4-5,8H2,1-3H3,(H,17,19,21)/t13-/m1/s1. The first-order valence-electron chi connectivity index (χ1n) is 7.94. The summed E-state index contributed by atoms with van der Waals surface area (Å²) in [5.74, 6) is -0.155. The van der Waals surface area contributed by atoms with Gasteiger partial charge in [0.25, 0.3) is 0 Å². The average molecular weight is 364 g/mol. The molecule has 8 nitrogen and oxygen atoms in total. The van der Waals surface area contributed by atoms with Crippen molar-refractivity contribution < 1.29 is 17.6 Å². The van der Waals surface area contributed by atoms with Gasteiger partial charge in [-0.1, -0.05) is 22.8 Å². The van der Waals surface area contributed by atoms with Crippen LogP contribution < -0.4 is 5.32 Å². The van der Waals surface area contributed by atoms with Gasteiger partial charge in [0.1, 0.15) is 6.04 Å². The number of hydrogen-bond acceptors (Lipinski definition) is 6. The molecule has 9 heteroatoms. The number of carbonyl (C=O) groups is 1. The summed E-state index contributed by atoms with van der Waals surface area (Å²) in [4.78, 5) is 12.4. The fraction of sp³-hybridized carbons (Fsp3) is 0.438. The van der Waals surface area contributed by atoms with Crippen molar-refractivity contribution in [1.82, 2.24) is 14.5 Å². The molecule has 3 rings (SSSR count). The molecule has 1 fully saturated rings. The molecule has 1 saturated heterocycles. The monoisotopic (exact) mass is 364 g/mol. The number of hydrogen-bond donors (Lipinski definition) is 1. The molecule has 2 aromatic rings. The maximum atomic E-state index is 12.4. The van der Waals surface area contributed by atoms with Crippen LogP contribution in [0.4, 0.5) is 6.01 Å². The van der Waals surface area contributed by atoms with Crippen molar-refractivity contribution in [2.75, 3.05) is 18.1 Å². The lowest BCUT2D eigenvalue weighted by atomic mass is 10.1. The third-order valence-electron chi connectivity index (χ3n) is 4.20. The number of sulfonamides is 1. The Morgan fingerprint density at radius 2 is 2.08 bits per heavy atom. The minimum atomic E-state index is -3.43. The fourth-order valence-electron chi connectivity index (χ4n) is 3.02. The summed E-state index contributed by atoms with van der Waals surface area (Å²) in [6.45, 7) is 4.27. The molecule has 0 radical (unpaired) electrons. The van der Waals surface area contributed by atoms with Crippen LogP contribution in [0, 0.1) is 13.8 Å². The SMILES string of the molecule is Cc1ccc(-c2nnc(NC(=O)[C@H]3CCCN3S(C)(=O)=O)o2)c(C)c1. The summed E-state index contributed by atoms with van der Waals surface area (Å²) in [5, 5.41) is 10.3. The van der Waals surface area contributed by atoms with Crippen LogP contribution in [-0.2, 0) is 14.8 Å². The van der Waals surface area contributed by atoms with Crippen molar-refractivity contribution in [3.63, 3.8) is 0 Å². The highest BCUT2D eigenvalue weighted by Crippen LogP contribution is 2.25. The van der Waals surface area contributed by atoms with Crippen molar-refractivity contribution in [1.29, 1.82) is 0 Å². The van der Waals surface area contributed by atoms with Gasteiger partial charge in [0.05, 0.1) is 6.26 Å². The van der Waals surface area contributed by atoms with Crippen molar-refractivity contribution in [2.24, 2.45) is 0 Å². The Morgan fingerprint density at radius 1 is 1.32 bits per heavy atom. The van der Waals surface area contributed by atoms with E-state index in [1.165, 1.54) is 4.31 Å². The lowest BCUT2D eigenvalue weighted by molar-refractivity contribution is -0.119. The zero-order valence-electron chi connectivity index (χ0n) is 14.3. The molecular formula is C16H20N4O4S. The number of anilines is 1. The van der Waals surface area contributed by atoms with Crippen molar-refractivity contribution in [2.45, 2.75) is 32.7 Å². The van der Waals surface area contributed by atoms with Crippen molar-refractivity contribution in [3.8, 4) is 11.5 Å². The first-order chi connectivity index (χ1) is 11.8. The van der Waals surface area contributed by atoms with E-state index in [-0.39, 0.29) is 6.01 Å². The van der Waals surface area contributed by atoms with Gasteiger partial charge in [-0.15, -0.1) is 5.10 Å². The molecule has 1 atom stereocenters. The third kappa shape index (κ3) is 3.72. The van der Waals surface area contributed by atoms with Gasteiger partial charge in [0, 0.05) is 12.1 Å². The van der Waals surface area contributed by atoms with Gasteiger partial charge in [-0.25, -0.2) is 8.42 Å². The molecule has 1 amide bonds. The zero-order valence-corrected chi connectivity index (χ0v) is 15.1. The van der Waals surface area contributed by atoms with Gasteiger partial charge in [0.2, 0.25) is 21.8 Å². The Balaban J connectivity index is 1.76. The number of aromatic nitrogens is 2. The zero-order chi connectivity index (χ0) is 18.2. The molecule has 0 aliphatic carbocycles. The second kappa shape index (κ2) is 6.57. The third-order valence-corrected chi connectivity index (χ3v) is 5.49. The van der Waals surface area contributed by atoms with E-state index < -0.39 is 22.0 Å². The molecule has 1 aliphatic heterocycles. The van der Waals surface area contributed by atoms with E-state index >= 15 is 0 Å². The van der Waals surface area contributed by atoms with E-state index in [1.54, 1.807) is 0 Å². The van der Waals surface area contributed by atoms with E-state index in [0.717, 1.165) is 22.9 Å². The Labute approximate surface area is 146 Å². The smallest absolute Gasteiger partial charge is 0.322 e. The number of nitrogens with one attached hydrogen (secondary N) is 1. The molecule has 1 N–H and O–H groups in total. The number of amides is 1. The van der Waals surface area contributed by atoms with Gasteiger partial charge in [-0.3, -0.25) is 10.1 Å². The highest BCUT2D eigenvalue weighted by atomic mass is 32.2. The van der Waals surface area contributed by atoms with Crippen LogP contribution in [0.15, 0.2) is 22.6 Å². The minimum absolute atomic E-state index is 0.0414.